The van der Waals surface area contributed by atoms with Crippen molar-refractivity contribution in [2.24, 2.45) is 5.92 Å². The third-order valence-corrected chi connectivity index (χ3v) is 6.46. The Labute approximate surface area is 219 Å². The first-order chi connectivity index (χ1) is 17.3. The molecule has 4 rings (SSSR count). The highest BCUT2D eigenvalue weighted by Gasteiger charge is 2.38. The van der Waals surface area contributed by atoms with E-state index >= 15 is 0 Å². The Bertz CT molecular complexity index is 1180. The smallest absolute Gasteiger partial charge is 0.299 e. The lowest BCUT2D eigenvalue weighted by atomic mass is 9.76. The second-order valence-electron chi connectivity index (χ2n) is 9.05. The minimum absolute atomic E-state index is 0. The van der Waals surface area contributed by atoms with Gasteiger partial charge in [0.1, 0.15) is 17.4 Å². The quantitative estimate of drug-likeness (QED) is 0.297. The number of hydrogen-bond donors (Lipinski definition) is 0. The zero-order valence-corrected chi connectivity index (χ0v) is 20.4. The Kier molecular flexibility index (Phi) is 8.88. The molecule has 0 N–H and O–H groups in total. The highest BCUT2D eigenvalue weighted by molar-refractivity contribution is 5.85. The lowest BCUT2D eigenvalue weighted by Gasteiger charge is -2.36. The van der Waals surface area contributed by atoms with Gasteiger partial charge in [-0.2, -0.15) is 26.3 Å². The maximum Gasteiger partial charge on any atom is 0.416 e. The molecule has 0 spiro atoms. The molecule has 3 aromatic rings. The van der Waals surface area contributed by atoms with Crippen LogP contribution in [0.15, 0.2) is 66.7 Å². The van der Waals surface area contributed by atoms with Gasteiger partial charge >= 0.3 is 12.4 Å². The highest BCUT2D eigenvalue weighted by Crippen LogP contribution is 2.38. The van der Waals surface area contributed by atoms with Gasteiger partial charge < -0.3 is 0 Å². The molecule has 1 aliphatic heterocycles. The molecule has 3 aromatic carbocycles. The molecule has 0 saturated carbocycles. The monoisotopic (exact) mass is 563 g/mol. The van der Waals surface area contributed by atoms with Crippen molar-refractivity contribution in [1.29, 1.82) is 0 Å². The number of likely N-dealkylation sites (tertiary alicyclic amines) is 1. The molecule has 1 heterocycles. The van der Waals surface area contributed by atoms with E-state index in [1.807, 2.05) is 0 Å². The molecule has 11 heteroatoms. The van der Waals surface area contributed by atoms with E-state index in [9.17, 15) is 39.9 Å². The van der Waals surface area contributed by atoms with Gasteiger partial charge in [-0.25, -0.2) is 8.78 Å². The number of nitrogens with zero attached hydrogens (tertiary/aromatic N) is 1. The second kappa shape index (κ2) is 11.4. The third-order valence-electron chi connectivity index (χ3n) is 6.46. The van der Waals surface area contributed by atoms with Crippen molar-refractivity contribution in [3.8, 4) is 0 Å². The van der Waals surface area contributed by atoms with Gasteiger partial charge in [-0.1, -0.05) is 24.3 Å². The first-order valence-electron chi connectivity index (χ1n) is 11.4. The zero-order valence-electron chi connectivity index (χ0n) is 19.6. The van der Waals surface area contributed by atoms with Crippen molar-refractivity contribution in [1.82, 2.24) is 4.90 Å². The molecule has 38 heavy (non-hydrogen) atoms. The van der Waals surface area contributed by atoms with Crippen molar-refractivity contribution in [3.63, 3.8) is 0 Å². The minimum atomic E-state index is -4.97. The number of rotatable bonds is 5. The average Bonchev–Trinajstić information content (AvgIpc) is 2.82. The largest absolute Gasteiger partial charge is 0.416 e. The SMILES string of the molecule is Cl.O=C1CCN(Cc2cc(C(F)(F)F)cc(C(F)(F)F)c2)CC1C(c1ccc(F)cc1)c1ccc(F)cc1. The maximum absolute atomic E-state index is 13.6. The lowest BCUT2D eigenvalue weighted by Crippen LogP contribution is -2.43. The molecule has 1 aliphatic rings. The van der Waals surface area contributed by atoms with Crippen molar-refractivity contribution in [2.75, 3.05) is 13.1 Å². The molecular weight excluding hydrogens is 542 g/mol. The summed E-state index contributed by atoms with van der Waals surface area (Å²) >= 11 is 0. The number of carbonyl (C=O) groups excluding carboxylic acids is 1. The van der Waals surface area contributed by atoms with Gasteiger partial charge in [0.25, 0.3) is 0 Å². The van der Waals surface area contributed by atoms with Crippen LogP contribution in [0.3, 0.4) is 0 Å². The Morgan fingerprint density at radius 3 is 1.63 bits per heavy atom. The summed E-state index contributed by atoms with van der Waals surface area (Å²) in [6, 6.07) is 12.3. The fraction of sp³-hybridized carbons (Fsp3) is 0.296. The van der Waals surface area contributed by atoms with Gasteiger partial charge in [0.05, 0.1) is 11.1 Å². The van der Waals surface area contributed by atoms with E-state index in [1.165, 1.54) is 48.5 Å². The summed E-state index contributed by atoms with van der Waals surface area (Å²) in [6.07, 6.45) is -9.91. The van der Waals surface area contributed by atoms with E-state index in [0.29, 0.717) is 23.3 Å². The normalized spacial score (nSPS) is 17.0. The highest BCUT2D eigenvalue weighted by atomic mass is 35.5. The molecule has 204 valence electrons. The van der Waals surface area contributed by atoms with Crippen LogP contribution in [-0.2, 0) is 23.7 Å². The Morgan fingerprint density at radius 2 is 1.21 bits per heavy atom. The molecule has 1 saturated heterocycles. The van der Waals surface area contributed by atoms with Crippen LogP contribution in [0.2, 0.25) is 0 Å². The number of hydrogen-bond acceptors (Lipinski definition) is 2. The predicted octanol–water partition coefficient (Wildman–Crippen LogP) is 7.65. The van der Waals surface area contributed by atoms with Crippen LogP contribution in [-0.4, -0.2) is 23.8 Å². The van der Waals surface area contributed by atoms with Crippen LogP contribution in [0.25, 0.3) is 0 Å². The Hall–Kier alpha value is -2.98. The molecule has 0 aliphatic carbocycles. The van der Waals surface area contributed by atoms with Crippen LogP contribution in [0, 0.1) is 17.6 Å². The molecule has 0 aromatic heterocycles. The topological polar surface area (TPSA) is 20.3 Å². The van der Waals surface area contributed by atoms with Crippen molar-refractivity contribution in [2.45, 2.75) is 31.2 Å². The van der Waals surface area contributed by atoms with Crippen LogP contribution in [0.4, 0.5) is 35.1 Å². The van der Waals surface area contributed by atoms with Gasteiger partial charge in [0.2, 0.25) is 0 Å². The summed E-state index contributed by atoms with van der Waals surface area (Å²) in [6.45, 7) is -0.0569. The van der Waals surface area contributed by atoms with E-state index in [0.717, 1.165) is 0 Å². The molecule has 1 unspecified atom stereocenters. The standard InChI is InChI=1S/C27H21F8NO.ClH/c28-21-5-1-17(2-6-21)25(18-3-7-22(29)8-4-18)23-15-36(10-9-24(23)37)14-16-11-19(26(30,31)32)13-20(12-16)27(33,34)35;/h1-8,11-13,23,25H,9-10,14-15H2;1H. The number of Topliss-reactive ketones (excluding diaryl/α,β-unsaturated/α-hetero) is 1. The average molecular weight is 564 g/mol. The number of carbonyl (C=O) groups is 1. The fourth-order valence-corrected chi connectivity index (χ4v) is 4.73. The molecular formula is C27H22ClF8NO. The summed E-state index contributed by atoms with van der Waals surface area (Å²) in [5, 5.41) is 0. The maximum atomic E-state index is 13.6. The van der Waals surface area contributed by atoms with Gasteiger partial charge in [-0.15, -0.1) is 12.4 Å². The van der Waals surface area contributed by atoms with E-state index in [4.69, 9.17) is 0 Å². The molecule has 1 atom stereocenters. The molecule has 2 nitrogen and oxygen atoms in total. The minimum Gasteiger partial charge on any atom is -0.299 e. The Balaban J connectivity index is 0.00000400. The van der Waals surface area contributed by atoms with Gasteiger partial charge in [-0.05, 0) is 59.2 Å². The fourth-order valence-electron chi connectivity index (χ4n) is 4.73. The number of halogens is 9. The predicted molar refractivity (Wildman–Crippen MR) is 127 cm³/mol. The van der Waals surface area contributed by atoms with Crippen molar-refractivity contribution < 1.29 is 39.9 Å². The van der Waals surface area contributed by atoms with Gasteiger partial charge in [0, 0.05) is 37.9 Å². The lowest BCUT2D eigenvalue weighted by molar-refractivity contribution is -0.143. The first kappa shape index (κ1) is 29.6. The van der Waals surface area contributed by atoms with E-state index < -0.39 is 46.9 Å². The van der Waals surface area contributed by atoms with E-state index in [2.05, 4.69) is 0 Å². The van der Waals surface area contributed by atoms with Crippen LogP contribution in [0.1, 0.15) is 40.2 Å². The van der Waals surface area contributed by atoms with Gasteiger partial charge in [-0.3, -0.25) is 9.69 Å². The molecule has 1 fully saturated rings. The molecule has 0 bridgehead atoms. The third kappa shape index (κ3) is 6.91. The first-order valence-corrected chi connectivity index (χ1v) is 11.4. The summed E-state index contributed by atoms with van der Waals surface area (Å²) in [4.78, 5) is 14.6. The summed E-state index contributed by atoms with van der Waals surface area (Å²) in [5.41, 5.74) is -1.84. The Morgan fingerprint density at radius 1 is 0.763 bits per heavy atom. The summed E-state index contributed by atoms with van der Waals surface area (Å²) in [5.74, 6) is -2.51. The van der Waals surface area contributed by atoms with Crippen molar-refractivity contribution >= 4 is 18.2 Å². The summed E-state index contributed by atoms with van der Waals surface area (Å²) in [7, 11) is 0. The van der Waals surface area contributed by atoms with Crippen LogP contribution < -0.4 is 0 Å². The van der Waals surface area contributed by atoms with Crippen LogP contribution in [0.5, 0.6) is 0 Å². The molecule has 0 radical (unpaired) electrons. The number of piperidine rings is 1. The number of ketones is 1. The van der Waals surface area contributed by atoms with Crippen LogP contribution >= 0.6 is 12.4 Å². The van der Waals surface area contributed by atoms with E-state index in [1.54, 1.807) is 4.90 Å². The van der Waals surface area contributed by atoms with E-state index in [-0.39, 0.29) is 55.9 Å². The number of benzene rings is 3. The molecule has 0 amide bonds. The second-order valence-corrected chi connectivity index (χ2v) is 9.05. The summed E-state index contributed by atoms with van der Waals surface area (Å²) < 4.78 is 107. The van der Waals surface area contributed by atoms with Crippen molar-refractivity contribution in [3.05, 3.63) is 106 Å². The van der Waals surface area contributed by atoms with Gasteiger partial charge in [0.15, 0.2) is 0 Å². The zero-order chi connectivity index (χ0) is 27.0. The number of alkyl halides is 6.